The first kappa shape index (κ1) is 16.2. The number of ether oxygens (including phenoxy) is 1. The van der Waals surface area contributed by atoms with Gasteiger partial charge in [-0.15, -0.1) is 4.98 Å². The molecule has 0 bridgehead atoms. The van der Waals surface area contributed by atoms with Crippen molar-refractivity contribution in [1.82, 2.24) is 9.97 Å². The van der Waals surface area contributed by atoms with Crippen molar-refractivity contribution in [3.8, 4) is 0 Å². The molecule has 0 amide bonds. The first-order valence-corrected chi connectivity index (χ1v) is 6.87. The number of guanidine groups is 1. The number of esters is 1. The van der Waals surface area contributed by atoms with Crippen LogP contribution in [-0.2, 0) is 16.0 Å². The Hall–Kier alpha value is -3.16. The number of hydrogen-bond donors (Lipinski definition) is 4. The Morgan fingerprint density at radius 2 is 2.17 bits per heavy atom. The van der Waals surface area contributed by atoms with Gasteiger partial charge in [-0.25, -0.2) is 9.98 Å². The summed E-state index contributed by atoms with van der Waals surface area (Å²) >= 11 is 0. The molecule has 0 fully saturated rings. The number of anilines is 1. The highest BCUT2D eigenvalue weighted by Crippen LogP contribution is 2.11. The zero-order valence-corrected chi connectivity index (χ0v) is 12.8. The van der Waals surface area contributed by atoms with Crippen LogP contribution < -0.4 is 21.6 Å². The number of benzene rings is 1. The van der Waals surface area contributed by atoms with Crippen molar-refractivity contribution in [1.29, 1.82) is 0 Å². The van der Waals surface area contributed by atoms with Crippen LogP contribution in [0.1, 0.15) is 11.3 Å². The molecule has 0 radical (unpaired) electrons. The maximum atomic E-state index is 11.6. The number of carbonyl (C=O) groups is 1. The Morgan fingerprint density at radius 1 is 1.43 bits per heavy atom. The van der Waals surface area contributed by atoms with E-state index in [-0.39, 0.29) is 24.0 Å². The van der Waals surface area contributed by atoms with Gasteiger partial charge in [-0.1, -0.05) is 18.2 Å². The minimum absolute atomic E-state index is 0.0970. The van der Waals surface area contributed by atoms with Crippen LogP contribution in [0.4, 0.5) is 11.6 Å². The number of hydrogen-bond acceptors (Lipinski definition) is 4. The summed E-state index contributed by atoms with van der Waals surface area (Å²) in [4.78, 5) is 32.3. The molecule has 0 aliphatic carbocycles. The quantitative estimate of drug-likeness (QED) is 0.323. The molecule has 2 rings (SSSR count). The highest BCUT2D eigenvalue weighted by Gasteiger charge is 2.11. The third kappa shape index (κ3) is 4.67. The molecule has 0 unspecified atom stereocenters. The lowest BCUT2D eigenvalue weighted by molar-refractivity contribution is -0.365. The van der Waals surface area contributed by atoms with E-state index in [9.17, 15) is 9.59 Å². The van der Waals surface area contributed by atoms with Crippen LogP contribution in [0.5, 0.6) is 0 Å². The molecule has 8 heteroatoms. The summed E-state index contributed by atoms with van der Waals surface area (Å²) in [6.07, 6.45) is -0.0970. The molecule has 1 aromatic carbocycles. The van der Waals surface area contributed by atoms with Crippen molar-refractivity contribution >= 4 is 23.6 Å². The fraction of sp³-hybridized carbons (Fsp3) is 0.200. The van der Waals surface area contributed by atoms with Crippen LogP contribution in [0.3, 0.4) is 0 Å². The number of nitrogens with zero attached hydrogens (tertiary/aromatic N) is 1. The Labute approximate surface area is 132 Å². The number of nitrogens with two attached hydrogens (primary N) is 1. The van der Waals surface area contributed by atoms with E-state index in [4.69, 9.17) is 5.73 Å². The molecule has 120 valence electrons. The van der Waals surface area contributed by atoms with Gasteiger partial charge in [0.2, 0.25) is 0 Å². The van der Waals surface area contributed by atoms with Gasteiger partial charge in [-0.3, -0.25) is 14.9 Å². The standard InChI is InChI=1S/C15H17N5O3/c1-9-5-3-4-6-11(9)18-14(16)20-15-17-10(7-12(21)19-15)8-13(22)23-2/h3-7H,8H2,1-2H3,(H4,16,17,18,19,20,21)/p+1. The summed E-state index contributed by atoms with van der Waals surface area (Å²) in [5, 5.41) is 2.98. The normalized spacial score (nSPS) is 11.1. The van der Waals surface area contributed by atoms with E-state index in [1.165, 1.54) is 13.2 Å². The van der Waals surface area contributed by atoms with Crippen LogP contribution >= 0.6 is 0 Å². The van der Waals surface area contributed by atoms with Gasteiger partial charge in [0, 0.05) is 6.07 Å². The third-order valence-corrected chi connectivity index (χ3v) is 3.02. The molecule has 5 N–H and O–H groups in total. The molecule has 0 saturated carbocycles. The topological polar surface area (TPSA) is 124 Å². The molecule has 0 atom stereocenters. The van der Waals surface area contributed by atoms with Gasteiger partial charge < -0.3 is 10.5 Å². The van der Waals surface area contributed by atoms with Gasteiger partial charge in [0.25, 0.3) is 11.5 Å². The van der Waals surface area contributed by atoms with Crippen molar-refractivity contribution in [3.05, 3.63) is 51.9 Å². The van der Waals surface area contributed by atoms with Gasteiger partial charge in [0.05, 0.1) is 19.2 Å². The highest BCUT2D eigenvalue weighted by atomic mass is 16.5. The maximum Gasteiger partial charge on any atom is 0.325 e. The molecule has 0 aliphatic heterocycles. The minimum Gasteiger partial charge on any atom is -0.469 e. The lowest BCUT2D eigenvalue weighted by Crippen LogP contribution is -2.73. The van der Waals surface area contributed by atoms with Gasteiger partial charge in [-0.05, 0) is 18.6 Å². The smallest absolute Gasteiger partial charge is 0.325 e. The zero-order chi connectivity index (χ0) is 16.8. The molecule has 1 aromatic heterocycles. The SMILES string of the molecule is COC(=O)Cc1cc(=O)[nH]c([NH+]=C(N)Nc2ccccc2C)n1. The molecule has 0 spiro atoms. The van der Waals surface area contributed by atoms with E-state index in [1.54, 1.807) is 0 Å². The number of carbonyl (C=O) groups excluding carboxylic acids is 1. The molecule has 8 nitrogen and oxygen atoms in total. The lowest BCUT2D eigenvalue weighted by Gasteiger charge is -2.04. The number of nitrogens with one attached hydrogen (secondary N) is 3. The van der Waals surface area contributed by atoms with E-state index >= 15 is 0 Å². The van der Waals surface area contributed by atoms with Crippen LogP contribution in [0, 0.1) is 6.92 Å². The Balaban J connectivity index is 2.22. The van der Waals surface area contributed by atoms with Crippen LogP contribution in [0.15, 0.2) is 35.1 Å². The van der Waals surface area contributed by atoms with Gasteiger partial charge in [-0.2, -0.15) is 0 Å². The van der Waals surface area contributed by atoms with Gasteiger partial charge in [0.15, 0.2) is 0 Å². The summed E-state index contributed by atoms with van der Waals surface area (Å²) in [7, 11) is 1.27. The van der Waals surface area contributed by atoms with Crippen LogP contribution in [0.2, 0.25) is 0 Å². The molecule has 1 heterocycles. The summed E-state index contributed by atoms with van der Waals surface area (Å²) in [6.45, 7) is 1.94. The highest BCUT2D eigenvalue weighted by molar-refractivity contribution is 5.88. The molecule has 2 aromatic rings. The Kier molecular flexibility index (Phi) is 5.08. The zero-order valence-electron chi connectivity index (χ0n) is 12.8. The largest absolute Gasteiger partial charge is 0.469 e. The molecular weight excluding hydrogens is 298 g/mol. The van der Waals surface area contributed by atoms with Crippen LogP contribution in [-0.4, -0.2) is 29.0 Å². The predicted octanol–water partition coefficient (Wildman–Crippen LogP) is -1.07. The summed E-state index contributed by atoms with van der Waals surface area (Å²) in [6, 6.07) is 8.83. The fourth-order valence-corrected chi connectivity index (χ4v) is 1.89. The first-order chi connectivity index (χ1) is 11.0. The van der Waals surface area contributed by atoms with E-state index in [0.29, 0.717) is 0 Å². The number of rotatable bonds is 4. The van der Waals surface area contributed by atoms with Crippen molar-refractivity contribution in [3.63, 3.8) is 0 Å². The average molecular weight is 316 g/mol. The van der Waals surface area contributed by atoms with E-state index in [0.717, 1.165) is 11.3 Å². The van der Waals surface area contributed by atoms with E-state index < -0.39 is 11.5 Å². The Morgan fingerprint density at radius 3 is 2.87 bits per heavy atom. The third-order valence-electron chi connectivity index (χ3n) is 3.02. The molecule has 0 aliphatic rings. The summed E-state index contributed by atoms with van der Waals surface area (Å²) < 4.78 is 4.55. The molecular formula is C15H18N5O3+. The second-order valence-corrected chi connectivity index (χ2v) is 4.82. The maximum absolute atomic E-state index is 11.6. The first-order valence-electron chi connectivity index (χ1n) is 6.87. The fourth-order valence-electron chi connectivity index (χ4n) is 1.89. The van der Waals surface area contributed by atoms with Crippen molar-refractivity contribution < 1.29 is 14.5 Å². The molecule has 23 heavy (non-hydrogen) atoms. The second kappa shape index (κ2) is 7.21. The number of aromatic nitrogens is 2. The van der Waals surface area contributed by atoms with Crippen LogP contribution in [0.25, 0.3) is 0 Å². The minimum atomic E-state index is -0.482. The van der Waals surface area contributed by atoms with E-state index in [1.807, 2.05) is 31.2 Å². The summed E-state index contributed by atoms with van der Waals surface area (Å²) in [5.74, 6) is -0.156. The number of aryl methyl sites for hydroxylation is 1. The molecule has 0 saturated heterocycles. The Bertz CT molecular complexity index is 798. The predicted molar refractivity (Wildman–Crippen MR) is 85.2 cm³/mol. The lowest BCUT2D eigenvalue weighted by atomic mass is 10.2. The van der Waals surface area contributed by atoms with Gasteiger partial charge >= 0.3 is 11.9 Å². The van der Waals surface area contributed by atoms with Crippen molar-refractivity contribution in [2.75, 3.05) is 12.4 Å². The number of methoxy groups -OCH3 is 1. The van der Waals surface area contributed by atoms with E-state index in [2.05, 4.69) is 25.0 Å². The van der Waals surface area contributed by atoms with Crippen molar-refractivity contribution in [2.24, 2.45) is 5.73 Å². The number of aromatic amines is 1. The van der Waals surface area contributed by atoms with Crippen molar-refractivity contribution in [2.45, 2.75) is 13.3 Å². The number of H-pyrrole nitrogens is 1. The summed E-state index contributed by atoms with van der Waals surface area (Å²) in [5.41, 5.74) is 7.60. The monoisotopic (exact) mass is 316 g/mol. The average Bonchev–Trinajstić information content (AvgIpc) is 2.48. The second-order valence-electron chi connectivity index (χ2n) is 4.82. The number of para-hydroxylation sites is 1. The van der Waals surface area contributed by atoms with Gasteiger partial charge in [0.1, 0.15) is 5.69 Å².